The maximum Gasteiger partial charge on any atom is 0.263 e. The predicted octanol–water partition coefficient (Wildman–Crippen LogP) is 7.28. The molecule has 3 atom stereocenters. The van der Waals surface area contributed by atoms with Crippen molar-refractivity contribution in [3.05, 3.63) is 64.4 Å². The summed E-state index contributed by atoms with van der Waals surface area (Å²) in [7, 11) is -1.97. The monoisotopic (exact) mass is 555 g/mol. The van der Waals surface area contributed by atoms with Crippen LogP contribution in [0.1, 0.15) is 74.6 Å². The molecule has 1 aromatic heterocycles. The highest BCUT2D eigenvalue weighted by atomic mass is 32.1. The van der Waals surface area contributed by atoms with Gasteiger partial charge in [0.2, 0.25) is 8.32 Å². The number of thiophene rings is 1. The van der Waals surface area contributed by atoms with Crippen LogP contribution >= 0.6 is 11.3 Å². The van der Waals surface area contributed by atoms with E-state index in [1.165, 1.54) is 10.4 Å². The van der Waals surface area contributed by atoms with Gasteiger partial charge in [-0.05, 0) is 75.7 Å². The van der Waals surface area contributed by atoms with E-state index in [-0.39, 0.29) is 17.0 Å². The summed E-state index contributed by atoms with van der Waals surface area (Å²) in [5.41, 5.74) is 1.22. The quantitative estimate of drug-likeness (QED) is 0.228. The number of rotatable bonds is 10. The average molecular weight is 556 g/mol. The highest BCUT2D eigenvalue weighted by Gasteiger charge is 2.40. The Balaban J connectivity index is 2.04. The Labute approximate surface area is 236 Å². The van der Waals surface area contributed by atoms with E-state index in [9.17, 15) is 4.79 Å². The first-order chi connectivity index (χ1) is 17.8. The molecule has 1 aliphatic heterocycles. The highest BCUT2D eigenvalue weighted by Crippen LogP contribution is 2.40. The first-order valence-corrected chi connectivity index (χ1v) is 17.8. The van der Waals surface area contributed by atoms with Gasteiger partial charge in [0.1, 0.15) is 5.75 Å². The zero-order chi connectivity index (χ0) is 28.3. The molecule has 210 valence electrons. The molecule has 7 heteroatoms. The van der Waals surface area contributed by atoms with Gasteiger partial charge in [0, 0.05) is 49.7 Å². The molecule has 1 fully saturated rings. The first kappa shape index (κ1) is 30.6. The summed E-state index contributed by atoms with van der Waals surface area (Å²) < 4.78 is 6.72. The SMILES string of the molecule is C=CCN1C[C@H](C)N([C@@H](c2cccc(O[Si](C)(C)C(C)(C)C)c2)c2ccc(C(=O)N(CC)CC)s2)C[C@H]1C. The topological polar surface area (TPSA) is 36.0 Å². The van der Waals surface area contributed by atoms with Crippen LogP contribution in [0.4, 0.5) is 0 Å². The zero-order valence-electron chi connectivity index (χ0n) is 25.1. The van der Waals surface area contributed by atoms with Crippen molar-refractivity contribution in [1.29, 1.82) is 0 Å². The number of benzene rings is 1. The van der Waals surface area contributed by atoms with Gasteiger partial charge >= 0.3 is 0 Å². The van der Waals surface area contributed by atoms with Crippen molar-refractivity contribution >= 4 is 25.6 Å². The summed E-state index contributed by atoms with van der Waals surface area (Å²) in [6.45, 7) is 28.4. The fraction of sp³-hybridized carbons (Fsp3) is 0.581. The minimum Gasteiger partial charge on any atom is -0.543 e. The van der Waals surface area contributed by atoms with Crippen molar-refractivity contribution in [3.8, 4) is 5.75 Å². The normalized spacial score (nSPS) is 20.2. The van der Waals surface area contributed by atoms with Gasteiger partial charge in [0.25, 0.3) is 5.91 Å². The molecule has 1 amide bonds. The van der Waals surface area contributed by atoms with Gasteiger partial charge in [-0.25, -0.2) is 0 Å². The van der Waals surface area contributed by atoms with Crippen LogP contribution in [0.15, 0.2) is 49.1 Å². The van der Waals surface area contributed by atoms with Gasteiger partial charge in [0.05, 0.1) is 10.9 Å². The lowest BCUT2D eigenvalue weighted by Gasteiger charge is -2.47. The van der Waals surface area contributed by atoms with Gasteiger partial charge in [-0.2, -0.15) is 0 Å². The van der Waals surface area contributed by atoms with E-state index < -0.39 is 8.32 Å². The Hall–Kier alpha value is -1.93. The van der Waals surface area contributed by atoms with Crippen LogP contribution in [-0.2, 0) is 0 Å². The molecule has 38 heavy (non-hydrogen) atoms. The summed E-state index contributed by atoms with van der Waals surface area (Å²) >= 11 is 1.64. The lowest BCUT2D eigenvalue weighted by atomic mass is 9.98. The van der Waals surface area contributed by atoms with Gasteiger partial charge in [-0.15, -0.1) is 17.9 Å². The number of carbonyl (C=O) groups excluding carboxylic acids is 1. The Morgan fingerprint density at radius 2 is 1.84 bits per heavy atom. The van der Waals surface area contributed by atoms with Gasteiger partial charge < -0.3 is 9.33 Å². The molecule has 0 bridgehead atoms. The number of amides is 1. The lowest BCUT2D eigenvalue weighted by Crippen LogP contribution is -2.57. The molecule has 2 aromatic rings. The Bertz CT molecular complexity index is 1090. The zero-order valence-corrected chi connectivity index (χ0v) is 26.9. The molecular formula is C31H49N3O2SSi. The van der Waals surface area contributed by atoms with E-state index in [1.54, 1.807) is 11.3 Å². The number of hydrogen-bond donors (Lipinski definition) is 0. The molecule has 0 unspecified atom stereocenters. The maximum atomic E-state index is 13.2. The Kier molecular flexibility index (Phi) is 10.1. The van der Waals surface area contributed by atoms with Crippen molar-refractivity contribution in [2.24, 2.45) is 0 Å². The summed E-state index contributed by atoms with van der Waals surface area (Å²) in [6.07, 6.45) is 2.00. The number of piperazine rings is 1. The second kappa shape index (κ2) is 12.5. The van der Waals surface area contributed by atoms with Crippen LogP contribution in [0.3, 0.4) is 0 Å². The smallest absolute Gasteiger partial charge is 0.263 e. The molecule has 0 aliphatic carbocycles. The first-order valence-electron chi connectivity index (χ1n) is 14.1. The van der Waals surface area contributed by atoms with Crippen molar-refractivity contribution < 1.29 is 9.22 Å². The average Bonchev–Trinajstić information content (AvgIpc) is 3.32. The van der Waals surface area contributed by atoms with E-state index in [0.717, 1.165) is 43.4 Å². The third-order valence-corrected chi connectivity index (χ3v) is 13.9. The summed E-state index contributed by atoms with van der Waals surface area (Å²) in [6, 6.07) is 13.7. The fourth-order valence-electron chi connectivity index (χ4n) is 5.00. The van der Waals surface area contributed by atoms with Gasteiger partial charge in [-0.1, -0.05) is 39.0 Å². The molecule has 1 saturated heterocycles. The molecule has 0 N–H and O–H groups in total. The maximum absolute atomic E-state index is 13.2. The number of hydrogen-bond acceptors (Lipinski definition) is 5. The summed E-state index contributed by atoms with van der Waals surface area (Å²) in [5, 5.41) is 0.126. The third kappa shape index (κ3) is 6.79. The van der Waals surface area contributed by atoms with Crippen LogP contribution in [0, 0.1) is 0 Å². The number of carbonyl (C=O) groups is 1. The summed E-state index contributed by atoms with van der Waals surface area (Å²) in [5.74, 6) is 1.07. The van der Waals surface area contributed by atoms with Crippen molar-refractivity contribution in [2.45, 2.75) is 84.7 Å². The molecule has 2 heterocycles. The molecule has 1 aliphatic rings. The van der Waals surface area contributed by atoms with Crippen LogP contribution in [0.2, 0.25) is 18.1 Å². The lowest BCUT2D eigenvalue weighted by molar-refractivity contribution is 0.0315. The van der Waals surface area contributed by atoms with E-state index in [2.05, 4.69) is 94.4 Å². The van der Waals surface area contributed by atoms with Crippen LogP contribution in [0.5, 0.6) is 5.75 Å². The Morgan fingerprint density at radius 1 is 1.16 bits per heavy atom. The van der Waals surface area contributed by atoms with Crippen LogP contribution in [-0.4, -0.2) is 73.7 Å². The predicted molar refractivity (Wildman–Crippen MR) is 165 cm³/mol. The highest BCUT2D eigenvalue weighted by molar-refractivity contribution is 7.14. The van der Waals surface area contributed by atoms with Crippen LogP contribution in [0.25, 0.3) is 0 Å². The minimum absolute atomic E-state index is 0.0598. The molecular weight excluding hydrogens is 507 g/mol. The second-order valence-electron chi connectivity index (χ2n) is 12.2. The van der Waals surface area contributed by atoms with Gasteiger partial charge in [0.15, 0.2) is 0 Å². The van der Waals surface area contributed by atoms with Crippen molar-refractivity contribution in [1.82, 2.24) is 14.7 Å². The molecule has 3 rings (SSSR count). The standard InChI is InChI=1S/C31H49N3O2SSi/c1-11-19-33-21-24(5)34(22-23(33)4)29(27-17-18-28(37-27)30(35)32(12-2)13-3)25-15-14-16-26(20-25)36-38(9,10)31(6,7)8/h11,14-18,20,23-24,29H,1,12-13,19,21-22H2,2-10H3/t23-,24+,29+/m1/s1. The Morgan fingerprint density at radius 3 is 2.45 bits per heavy atom. The van der Waals surface area contributed by atoms with Crippen molar-refractivity contribution in [2.75, 3.05) is 32.7 Å². The van der Waals surface area contributed by atoms with E-state index in [1.807, 2.05) is 30.9 Å². The van der Waals surface area contributed by atoms with E-state index >= 15 is 0 Å². The van der Waals surface area contributed by atoms with Gasteiger partial charge in [-0.3, -0.25) is 14.6 Å². The number of nitrogens with zero attached hydrogens (tertiary/aromatic N) is 3. The van der Waals surface area contributed by atoms with Crippen molar-refractivity contribution in [3.63, 3.8) is 0 Å². The molecule has 5 nitrogen and oxygen atoms in total. The molecule has 0 saturated carbocycles. The summed E-state index contributed by atoms with van der Waals surface area (Å²) in [4.78, 5) is 22.2. The van der Waals surface area contributed by atoms with Crippen LogP contribution < -0.4 is 4.43 Å². The minimum atomic E-state index is -1.97. The molecule has 0 radical (unpaired) electrons. The van der Waals surface area contributed by atoms with E-state index in [4.69, 9.17) is 4.43 Å². The largest absolute Gasteiger partial charge is 0.543 e. The van der Waals surface area contributed by atoms with E-state index in [0.29, 0.717) is 12.1 Å². The molecule has 1 aromatic carbocycles. The second-order valence-corrected chi connectivity index (χ2v) is 18.0. The molecule has 0 spiro atoms. The third-order valence-electron chi connectivity index (χ3n) is 8.37. The fourth-order valence-corrected chi connectivity index (χ4v) is 7.15.